The first kappa shape index (κ1) is 16.2. The average Bonchev–Trinajstić information content (AvgIpc) is 2.78. The van der Waals surface area contributed by atoms with Crippen molar-refractivity contribution in [3.8, 4) is 5.75 Å². The van der Waals surface area contributed by atoms with Crippen LogP contribution in [0.3, 0.4) is 0 Å². The number of fused-ring (bicyclic) bond motifs is 1. The monoisotopic (exact) mass is 327 g/mol. The molecule has 1 atom stereocenters. The number of para-hydroxylation sites is 1. The van der Waals surface area contributed by atoms with Crippen LogP contribution in [0.25, 0.3) is 0 Å². The van der Waals surface area contributed by atoms with E-state index in [0.717, 1.165) is 18.6 Å². The molecule has 1 amide bonds. The van der Waals surface area contributed by atoms with Gasteiger partial charge in [0.15, 0.2) is 0 Å². The quantitative estimate of drug-likeness (QED) is 0.919. The first-order valence-electron chi connectivity index (χ1n) is 8.14. The zero-order valence-corrected chi connectivity index (χ0v) is 13.7. The Hall–Kier alpha value is -2.63. The molecule has 126 valence electrons. The van der Waals surface area contributed by atoms with Gasteiger partial charge >= 0.3 is 0 Å². The molecule has 3 rings (SSSR count). The van der Waals surface area contributed by atoms with Crippen LogP contribution in [-0.2, 0) is 17.8 Å². The Morgan fingerprint density at radius 1 is 1.33 bits per heavy atom. The van der Waals surface area contributed by atoms with Gasteiger partial charge in [-0.3, -0.25) is 9.59 Å². The van der Waals surface area contributed by atoms with E-state index in [0.29, 0.717) is 24.8 Å². The molecule has 6 nitrogen and oxygen atoms in total. The van der Waals surface area contributed by atoms with E-state index in [1.807, 2.05) is 18.2 Å². The number of hydrogen-bond donors (Lipinski definition) is 1. The molecular weight excluding hydrogens is 306 g/mol. The van der Waals surface area contributed by atoms with Crippen LogP contribution in [0.15, 0.2) is 41.2 Å². The molecular formula is C18H21N3O3. The maximum atomic E-state index is 12.1. The minimum Gasteiger partial charge on any atom is -0.493 e. The fraction of sp³-hybridized carbons (Fsp3) is 0.389. The van der Waals surface area contributed by atoms with Crippen molar-refractivity contribution in [3.05, 3.63) is 58.0 Å². The van der Waals surface area contributed by atoms with Gasteiger partial charge in [0.25, 0.3) is 5.56 Å². The maximum absolute atomic E-state index is 12.1. The van der Waals surface area contributed by atoms with Crippen molar-refractivity contribution in [2.75, 3.05) is 13.2 Å². The fourth-order valence-electron chi connectivity index (χ4n) is 2.85. The first-order valence-corrected chi connectivity index (χ1v) is 8.14. The third kappa shape index (κ3) is 4.01. The molecule has 1 aliphatic rings. The Labute approximate surface area is 140 Å². The highest BCUT2D eigenvalue weighted by Crippen LogP contribution is 2.26. The molecule has 0 spiro atoms. The van der Waals surface area contributed by atoms with Crippen molar-refractivity contribution < 1.29 is 9.53 Å². The average molecular weight is 327 g/mol. The molecule has 0 saturated heterocycles. The van der Waals surface area contributed by atoms with Gasteiger partial charge in [0, 0.05) is 12.6 Å². The second-order valence-corrected chi connectivity index (χ2v) is 6.09. The van der Waals surface area contributed by atoms with Crippen LogP contribution in [-0.4, -0.2) is 28.8 Å². The Morgan fingerprint density at radius 2 is 2.17 bits per heavy atom. The molecule has 24 heavy (non-hydrogen) atoms. The summed E-state index contributed by atoms with van der Waals surface area (Å²) in [6.07, 6.45) is 1.76. The highest BCUT2D eigenvalue weighted by molar-refractivity contribution is 5.75. The number of nitrogens with one attached hydrogen (secondary N) is 1. The van der Waals surface area contributed by atoms with Crippen LogP contribution < -0.4 is 15.6 Å². The summed E-state index contributed by atoms with van der Waals surface area (Å²) in [6, 6.07) is 11.1. The lowest BCUT2D eigenvalue weighted by atomic mass is 9.97. The number of hydrogen-bond acceptors (Lipinski definition) is 4. The van der Waals surface area contributed by atoms with Gasteiger partial charge in [-0.1, -0.05) is 18.2 Å². The van der Waals surface area contributed by atoms with E-state index in [9.17, 15) is 9.59 Å². The van der Waals surface area contributed by atoms with Crippen LogP contribution >= 0.6 is 0 Å². The van der Waals surface area contributed by atoms with Gasteiger partial charge in [-0.15, -0.1) is 0 Å². The van der Waals surface area contributed by atoms with Gasteiger partial charge in [-0.25, -0.2) is 4.68 Å². The highest BCUT2D eigenvalue weighted by Gasteiger charge is 2.18. The van der Waals surface area contributed by atoms with Gasteiger partial charge in [-0.2, -0.15) is 5.10 Å². The van der Waals surface area contributed by atoms with Crippen molar-refractivity contribution in [3.63, 3.8) is 0 Å². The molecule has 2 heterocycles. The Morgan fingerprint density at radius 3 is 3.04 bits per heavy atom. The molecule has 0 saturated carbocycles. The first-order chi connectivity index (χ1) is 11.6. The highest BCUT2D eigenvalue weighted by atomic mass is 16.5. The van der Waals surface area contributed by atoms with Crippen molar-refractivity contribution >= 4 is 5.91 Å². The summed E-state index contributed by atoms with van der Waals surface area (Å²) in [7, 11) is 0. The summed E-state index contributed by atoms with van der Waals surface area (Å²) in [5.74, 6) is 1.05. The molecule has 2 aromatic rings. The summed E-state index contributed by atoms with van der Waals surface area (Å²) in [5.41, 5.74) is 1.61. The van der Waals surface area contributed by atoms with E-state index in [-0.39, 0.29) is 18.0 Å². The van der Waals surface area contributed by atoms with Crippen LogP contribution in [0.1, 0.15) is 17.7 Å². The van der Waals surface area contributed by atoms with Crippen molar-refractivity contribution in [2.45, 2.75) is 26.3 Å². The van der Waals surface area contributed by atoms with Crippen molar-refractivity contribution in [1.82, 2.24) is 15.1 Å². The summed E-state index contributed by atoms with van der Waals surface area (Å²) >= 11 is 0. The van der Waals surface area contributed by atoms with E-state index in [2.05, 4.69) is 16.5 Å². The SMILES string of the molecule is Cc1ccc(=O)n(CC(=O)NCC2CCOc3ccccc3C2)n1. The van der Waals surface area contributed by atoms with Crippen LogP contribution in [0, 0.1) is 12.8 Å². The minimum absolute atomic E-state index is 0.0552. The maximum Gasteiger partial charge on any atom is 0.267 e. The summed E-state index contributed by atoms with van der Waals surface area (Å²) in [4.78, 5) is 23.8. The van der Waals surface area contributed by atoms with Gasteiger partial charge in [-0.05, 0) is 43.4 Å². The van der Waals surface area contributed by atoms with E-state index < -0.39 is 0 Å². The lowest BCUT2D eigenvalue weighted by Crippen LogP contribution is -2.36. The van der Waals surface area contributed by atoms with Crippen molar-refractivity contribution in [1.29, 1.82) is 0 Å². The van der Waals surface area contributed by atoms with Gasteiger partial charge in [0.05, 0.1) is 12.3 Å². The van der Waals surface area contributed by atoms with E-state index in [1.165, 1.54) is 16.3 Å². The molecule has 1 aliphatic heterocycles. The van der Waals surface area contributed by atoms with E-state index in [1.54, 1.807) is 13.0 Å². The summed E-state index contributed by atoms with van der Waals surface area (Å²) < 4.78 is 6.93. The van der Waals surface area contributed by atoms with Crippen LogP contribution in [0.2, 0.25) is 0 Å². The minimum atomic E-state index is -0.271. The Balaban J connectivity index is 1.56. The molecule has 0 radical (unpaired) electrons. The second-order valence-electron chi connectivity index (χ2n) is 6.09. The Bertz CT molecular complexity index is 785. The number of carbonyl (C=O) groups excluding carboxylic acids is 1. The number of rotatable bonds is 4. The normalized spacial score (nSPS) is 16.6. The number of amides is 1. The predicted octanol–water partition coefficient (Wildman–Crippen LogP) is 1.31. The standard InChI is InChI=1S/C18H21N3O3/c1-13-6-7-18(23)21(20-13)12-17(22)19-11-14-8-9-24-16-5-3-2-4-15(16)10-14/h2-7,14H,8-12H2,1H3,(H,19,22). The van der Waals surface area contributed by atoms with Crippen molar-refractivity contribution in [2.24, 2.45) is 5.92 Å². The summed E-state index contributed by atoms with van der Waals surface area (Å²) in [6.45, 7) is 2.95. The van der Waals surface area contributed by atoms with Gasteiger partial charge < -0.3 is 10.1 Å². The molecule has 0 fully saturated rings. The number of carbonyl (C=O) groups is 1. The van der Waals surface area contributed by atoms with Gasteiger partial charge in [0.1, 0.15) is 12.3 Å². The number of aryl methyl sites for hydroxylation is 1. The molecule has 1 aromatic heterocycles. The lowest BCUT2D eigenvalue weighted by molar-refractivity contribution is -0.122. The number of ether oxygens (including phenoxy) is 1. The lowest BCUT2D eigenvalue weighted by Gasteiger charge is -2.15. The third-order valence-corrected chi connectivity index (χ3v) is 4.15. The molecule has 0 bridgehead atoms. The molecule has 1 aromatic carbocycles. The molecule has 1 N–H and O–H groups in total. The number of nitrogens with zero attached hydrogens (tertiary/aromatic N) is 2. The third-order valence-electron chi connectivity index (χ3n) is 4.15. The largest absolute Gasteiger partial charge is 0.493 e. The van der Waals surface area contributed by atoms with E-state index >= 15 is 0 Å². The van der Waals surface area contributed by atoms with Crippen LogP contribution in [0.4, 0.5) is 0 Å². The molecule has 1 unspecified atom stereocenters. The predicted molar refractivity (Wildman–Crippen MR) is 90.0 cm³/mol. The van der Waals surface area contributed by atoms with E-state index in [4.69, 9.17) is 4.74 Å². The second kappa shape index (κ2) is 7.29. The smallest absolute Gasteiger partial charge is 0.267 e. The fourth-order valence-corrected chi connectivity index (χ4v) is 2.85. The number of benzene rings is 1. The topological polar surface area (TPSA) is 73.2 Å². The zero-order chi connectivity index (χ0) is 16.9. The van der Waals surface area contributed by atoms with Gasteiger partial charge in [0.2, 0.25) is 5.91 Å². The zero-order valence-electron chi connectivity index (χ0n) is 13.7. The number of aromatic nitrogens is 2. The summed E-state index contributed by atoms with van der Waals surface area (Å²) in [5, 5.41) is 6.99. The molecule has 0 aliphatic carbocycles. The van der Waals surface area contributed by atoms with Crippen LogP contribution in [0.5, 0.6) is 5.75 Å². The Kier molecular flexibility index (Phi) is 4.93. The molecule has 6 heteroatoms.